The van der Waals surface area contributed by atoms with Crippen molar-refractivity contribution in [1.82, 2.24) is 0 Å². The summed E-state index contributed by atoms with van der Waals surface area (Å²) in [5, 5.41) is 0. The first kappa shape index (κ1) is 9.95. The molecule has 0 atom stereocenters. The molecule has 0 amide bonds. The molecule has 0 aliphatic rings. The zero-order valence-corrected chi connectivity index (χ0v) is 7.75. The molecule has 70 valence electrons. The second kappa shape index (κ2) is 3.72. The van der Waals surface area contributed by atoms with Gasteiger partial charge in [-0.05, 0) is 24.1 Å². The van der Waals surface area contributed by atoms with Crippen LogP contribution in [0.5, 0.6) is 0 Å². The molecule has 4 heteroatoms. The molecule has 0 aliphatic heterocycles. The summed E-state index contributed by atoms with van der Waals surface area (Å²) in [5.74, 6) is 0. The zero-order valence-electron chi connectivity index (χ0n) is 6.93. The van der Waals surface area contributed by atoms with E-state index in [2.05, 4.69) is 6.58 Å². The minimum absolute atomic E-state index is 0.194. The van der Waals surface area contributed by atoms with Crippen molar-refractivity contribution in [3.05, 3.63) is 42.5 Å². The van der Waals surface area contributed by atoms with Gasteiger partial charge in [0.15, 0.2) is 0 Å². The molecule has 1 rings (SSSR count). The van der Waals surface area contributed by atoms with Gasteiger partial charge in [0.1, 0.15) is 10.1 Å². The summed E-state index contributed by atoms with van der Waals surface area (Å²) in [6.07, 6.45) is 2.37. The summed E-state index contributed by atoms with van der Waals surface area (Å²) < 4.78 is 31.6. The van der Waals surface area contributed by atoms with Crippen LogP contribution in [0.1, 0.15) is 5.56 Å². The smallest absolute Gasteiger partial charge is 0.124 e. The number of hydrogen-bond donors (Lipinski definition) is 0. The van der Waals surface area contributed by atoms with E-state index in [1.165, 1.54) is 12.1 Å². The lowest BCUT2D eigenvalue weighted by atomic mass is 10.2. The topological polar surface area (TPSA) is 57.2 Å². The van der Waals surface area contributed by atoms with Gasteiger partial charge in [-0.2, -0.15) is 0 Å². The van der Waals surface area contributed by atoms with Gasteiger partial charge < -0.3 is 4.55 Å². The van der Waals surface area contributed by atoms with Crippen molar-refractivity contribution in [2.24, 2.45) is 0 Å². The Balaban J connectivity index is 3.01. The van der Waals surface area contributed by atoms with Gasteiger partial charge in [-0.1, -0.05) is 18.2 Å². The Kier molecular flexibility index (Phi) is 2.85. The van der Waals surface area contributed by atoms with Crippen molar-refractivity contribution in [1.29, 1.82) is 0 Å². The van der Waals surface area contributed by atoms with Gasteiger partial charge in [-0.15, -0.1) is 6.58 Å². The molecule has 0 saturated heterocycles. The van der Waals surface area contributed by atoms with Crippen LogP contribution in [0.4, 0.5) is 0 Å². The Labute approximate surface area is 77.5 Å². The molecular formula is C9H9O3S-. The van der Waals surface area contributed by atoms with Crippen LogP contribution in [0.2, 0.25) is 0 Å². The van der Waals surface area contributed by atoms with Crippen molar-refractivity contribution in [2.45, 2.75) is 11.3 Å². The molecule has 1 aromatic carbocycles. The molecule has 0 aromatic heterocycles. The molecule has 0 N–H and O–H groups in total. The Hall–Kier alpha value is -1.13. The molecule has 0 fully saturated rings. The van der Waals surface area contributed by atoms with Gasteiger partial charge in [0.2, 0.25) is 0 Å². The standard InChI is InChI=1S/C9H10O3S/c1-2-3-8-4-6-9(7-5-8)13(10,11)12/h2,4-7H,1,3H2,(H,10,11,12)/p-1. The molecular weight excluding hydrogens is 188 g/mol. The first-order valence-corrected chi connectivity index (χ1v) is 5.10. The monoisotopic (exact) mass is 197 g/mol. The van der Waals surface area contributed by atoms with Gasteiger partial charge in [0, 0.05) is 0 Å². The zero-order chi connectivity index (χ0) is 9.90. The molecule has 0 unspecified atom stereocenters. The summed E-state index contributed by atoms with van der Waals surface area (Å²) in [6.45, 7) is 3.55. The van der Waals surface area contributed by atoms with Crippen molar-refractivity contribution in [3.63, 3.8) is 0 Å². The molecule has 0 aliphatic carbocycles. The van der Waals surface area contributed by atoms with E-state index in [-0.39, 0.29) is 4.90 Å². The van der Waals surface area contributed by atoms with Crippen LogP contribution in [0.25, 0.3) is 0 Å². The van der Waals surface area contributed by atoms with Gasteiger partial charge in [-0.3, -0.25) is 0 Å². The predicted octanol–water partition coefficient (Wildman–Crippen LogP) is 1.32. The molecule has 13 heavy (non-hydrogen) atoms. The number of hydrogen-bond acceptors (Lipinski definition) is 3. The highest BCUT2D eigenvalue weighted by Crippen LogP contribution is 2.10. The lowest BCUT2D eigenvalue weighted by Gasteiger charge is -2.06. The second-order valence-electron chi connectivity index (χ2n) is 2.59. The van der Waals surface area contributed by atoms with E-state index in [0.29, 0.717) is 6.42 Å². The fraction of sp³-hybridized carbons (Fsp3) is 0.111. The van der Waals surface area contributed by atoms with E-state index in [1.807, 2.05) is 0 Å². The Morgan fingerprint density at radius 3 is 2.23 bits per heavy atom. The van der Waals surface area contributed by atoms with Crippen LogP contribution in [-0.2, 0) is 16.5 Å². The lowest BCUT2D eigenvalue weighted by Crippen LogP contribution is -1.98. The lowest BCUT2D eigenvalue weighted by molar-refractivity contribution is 0.463. The van der Waals surface area contributed by atoms with Crippen LogP contribution in [0.3, 0.4) is 0 Å². The highest BCUT2D eigenvalue weighted by atomic mass is 32.2. The highest BCUT2D eigenvalue weighted by Gasteiger charge is 1.99. The molecule has 0 radical (unpaired) electrons. The van der Waals surface area contributed by atoms with Gasteiger partial charge in [0.05, 0.1) is 4.90 Å². The summed E-state index contributed by atoms with van der Waals surface area (Å²) >= 11 is 0. The maximum Gasteiger partial charge on any atom is 0.124 e. The summed E-state index contributed by atoms with van der Waals surface area (Å²) in [7, 11) is -4.31. The van der Waals surface area contributed by atoms with E-state index < -0.39 is 10.1 Å². The maximum absolute atomic E-state index is 10.5. The van der Waals surface area contributed by atoms with Gasteiger partial charge >= 0.3 is 0 Å². The van der Waals surface area contributed by atoms with Crippen LogP contribution in [-0.4, -0.2) is 13.0 Å². The van der Waals surface area contributed by atoms with Crippen LogP contribution in [0.15, 0.2) is 41.8 Å². The Morgan fingerprint density at radius 2 is 1.85 bits per heavy atom. The molecule has 0 saturated carbocycles. The van der Waals surface area contributed by atoms with E-state index in [9.17, 15) is 13.0 Å². The van der Waals surface area contributed by atoms with Crippen LogP contribution >= 0.6 is 0 Å². The molecule has 0 heterocycles. The van der Waals surface area contributed by atoms with E-state index in [0.717, 1.165) is 5.56 Å². The quantitative estimate of drug-likeness (QED) is 0.542. The first-order valence-electron chi connectivity index (χ1n) is 3.70. The average molecular weight is 197 g/mol. The number of rotatable bonds is 3. The minimum Gasteiger partial charge on any atom is -0.744 e. The molecule has 0 spiro atoms. The van der Waals surface area contributed by atoms with E-state index in [4.69, 9.17) is 0 Å². The summed E-state index contributed by atoms with van der Waals surface area (Å²) in [5.41, 5.74) is 0.933. The summed E-state index contributed by atoms with van der Waals surface area (Å²) in [4.78, 5) is -0.194. The Bertz CT molecular complexity index is 389. The number of benzene rings is 1. The first-order chi connectivity index (χ1) is 6.04. The van der Waals surface area contributed by atoms with Crippen molar-refractivity contribution >= 4 is 10.1 Å². The third-order valence-electron chi connectivity index (χ3n) is 1.59. The summed E-state index contributed by atoms with van der Waals surface area (Å²) in [6, 6.07) is 5.82. The van der Waals surface area contributed by atoms with E-state index >= 15 is 0 Å². The molecule has 0 bridgehead atoms. The number of allylic oxidation sites excluding steroid dienone is 1. The largest absolute Gasteiger partial charge is 0.744 e. The van der Waals surface area contributed by atoms with Crippen LogP contribution < -0.4 is 0 Å². The fourth-order valence-corrected chi connectivity index (χ4v) is 1.43. The van der Waals surface area contributed by atoms with Gasteiger partial charge in [-0.25, -0.2) is 8.42 Å². The normalized spacial score (nSPS) is 11.2. The maximum atomic E-state index is 10.5. The van der Waals surface area contributed by atoms with Crippen molar-refractivity contribution < 1.29 is 13.0 Å². The van der Waals surface area contributed by atoms with Crippen molar-refractivity contribution in [2.75, 3.05) is 0 Å². The molecule has 1 aromatic rings. The third kappa shape index (κ3) is 2.68. The SMILES string of the molecule is C=CCc1ccc(S(=O)(=O)[O-])cc1. The van der Waals surface area contributed by atoms with Crippen molar-refractivity contribution in [3.8, 4) is 0 Å². The minimum atomic E-state index is -4.31. The highest BCUT2D eigenvalue weighted by molar-refractivity contribution is 7.85. The van der Waals surface area contributed by atoms with Gasteiger partial charge in [0.25, 0.3) is 0 Å². The fourth-order valence-electron chi connectivity index (χ4n) is 0.959. The Morgan fingerprint density at radius 1 is 1.31 bits per heavy atom. The van der Waals surface area contributed by atoms with E-state index in [1.54, 1.807) is 18.2 Å². The second-order valence-corrected chi connectivity index (χ2v) is 3.97. The third-order valence-corrected chi connectivity index (χ3v) is 2.44. The predicted molar refractivity (Wildman–Crippen MR) is 48.3 cm³/mol. The molecule has 3 nitrogen and oxygen atoms in total. The van der Waals surface area contributed by atoms with Crippen LogP contribution in [0, 0.1) is 0 Å². The average Bonchev–Trinajstić information content (AvgIpc) is 2.04.